The van der Waals surface area contributed by atoms with E-state index in [-0.39, 0.29) is 36.5 Å². The van der Waals surface area contributed by atoms with Gasteiger partial charge in [-0.15, -0.1) is 0 Å². The van der Waals surface area contributed by atoms with E-state index in [1.54, 1.807) is 20.2 Å². The van der Waals surface area contributed by atoms with E-state index in [0.717, 1.165) is 36.1 Å². The highest BCUT2D eigenvalue weighted by atomic mass is 16.5. The maximum absolute atomic E-state index is 13.0. The van der Waals surface area contributed by atoms with Crippen LogP contribution in [0.1, 0.15) is 67.7 Å². The molecule has 6 heteroatoms. The van der Waals surface area contributed by atoms with Crippen molar-refractivity contribution in [3.63, 3.8) is 0 Å². The smallest absolute Gasteiger partial charge is 0.343 e. The van der Waals surface area contributed by atoms with Crippen LogP contribution in [0.4, 0.5) is 0 Å². The van der Waals surface area contributed by atoms with Crippen molar-refractivity contribution in [2.24, 2.45) is 0 Å². The molecule has 2 aliphatic heterocycles. The zero-order chi connectivity index (χ0) is 23.7. The Bertz CT molecular complexity index is 1110. The lowest BCUT2D eigenvalue weighted by Gasteiger charge is -2.50. The number of hydrogen-bond acceptors (Lipinski definition) is 6. The lowest BCUT2D eigenvalue weighted by molar-refractivity contribution is -0.140. The van der Waals surface area contributed by atoms with Crippen LogP contribution in [-0.2, 0) is 20.9 Å². The summed E-state index contributed by atoms with van der Waals surface area (Å²) in [5, 5.41) is 0. The second-order valence-corrected chi connectivity index (χ2v) is 9.22. The van der Waals surface area contributed by atoms with E-state index in [1.807, 2.05) is 36.4 Å². The van der Waals surface area contributed by atoms with Gasteiger partial charge < -0.3 is 19.1 Å². The standard InChI is InChI=1S/C28H31NO5/c1-3-33-28(31)22-16-29-23-12-8-7-11-19(23)20-13-27(34-17-18-9-5-4-6-10-18)26(32-2)14-21(20)24(29)15-25(22)30/h4-6,9-10,13-14,16,19,23-24H,3,7-8,11-12,15,17H2,1-2H3. The van der Waals surface area contributed by atoms with Crippen molar-refractivity contribution in [2.75, 3.05) is 13.7 Å². The summed E-state index contributed by atoms with van der Waals surface area (Å²) in [6.45, 7) is 2.47. The lowest BCUT2D eigenvalue weighted by atomic mass is 9.71. The van der Waals surface area contributed by atoms with Crippen molar-refractivity contribution in [3.8, 4) is 11.5 Å². The number of ketones is 1. The molecule has 0 saturated heterocycles. The van der Waals surface area contributed by atoms with Gasteiger partial charge in [0.05, 0.1) is 19.8 Å². The molecule has 1 saturated carbocycles. The average Bonchev–Trinajstić information content (AvgIpc) is 2.87. The Morgan fingerprint density at radius 3 is 2.59 bits per heavy atom. The highest BCUT2D eigenvalue weighted by Gasteiger charge is 2.45. The third-order valence-corrected chi connectivity index (χ3v) is 7.29. The molecule has 3 atom stereocenters. The van der Waals surface area contributed by atoms with E-state index in [0.29, 0.717) is 18.3 Å². The second-order valence-electron chi connectivity index (χ2n) is 9.22. The van der Waals surface area contributed by atoms with E-state index in [2.05, 4.69) is 11.0 Å². The summed E-state index contributed by atoms with van der Waals surface area (Å²) in [6.07, 6.45) is 6.44. The van der Waals surface area contributed by atoms with Crippen LogP contribution in [0.5, 0.6) is 11.5 Å². The fourth-order valence-electron chi connectivity index (χ4n) is 5.71. The predicted octanol–water partition coefficient (Wildman–Crippen LogP) is 5.08. The Balaban J connectivity index is 1.53. The van der Waals surface area contributed by atoms with E-state index in [1.165, 1.54) is 12.0 Å². The molecule has 0 bridgehead atoms. The summed E-state index contributed by atoms with van der Waals surface area (Å²) < 4.78 is 17.1. The number of rotatable bonds is 6. The normalized spacial score (nSPS) is 23.2. The van der Waals surface area contributed by atoms with Gasteiger partial charge in [-0.25, -0.2) is 4.79 Å². The van der Waals surface area contributed by atoms with Gasteiger partial charge in [0.1, 0.15) is 12.2 Å². The molecule has 0 N–H and O–H groups in total. The van der Waals surface area contributed by atoms with Crippen molar-refractivity contribution >= 4 is 11.8 Å². The number of nitrogens with zero attached hydrogens (tertiary/aromatic N) is 1. The first-order valence-corrected chi connectivity index (χ1v) is 12.2. The lowest BCUT2D eigenvalue weighted by Crippen LogP contribution is -2.48. The fraction of sp³-hybridized carbons (Fsp3) is 0.429. The van der Waals surface area contributed by atoms with Crippen LogP contribution in [0.2, 0.25) is 0 Å². The summed E-state index contributed by atoms with van der Waals surface area (Å²) in [4.78, 5) is 27.7. The third kappa shape index (κ3) is 4.06. The zero-order valence-electron chi connectivity index (χ0n) is 19.8. The van der Waals surface area contributed by atoms with Crippen molar-refractivity contribution in [3.05, 3.63) is 70.9 Å². The molecule has 2 heterocycles. The van der Waals surface area contributed by atoms with E-state index < -0.39 is 5.97 Å². The first-order valence-electron chi connectivity index (χ1n) is 12.2. The minimum atomic E-state index is -0.522. The van der Waals surface area contributed by atoms with Gasteiger partial charge in [-0.05, 0) is 48.6 Å². The molecule has 0 aromatic heterocycles. The predicted molar refractivity (Wildman–Crippen MR) is 128 cm³/mol. The number of Topliss-reactive ketones (excluding diaryl/α,β-unsaturated/α-hetero) is 1. The molecule has 2 aromatic rings. The van der Waals surface area contributed by atoms with Gasteiger partial charge in [-0.1, -0.05) is 43.2 Å². The molecule has 5 rings (SSSR count). The summed E-state index contributed by atoms with van der Waals surface area (Å²) in [7, 11) is 1.64. The molecule has 0 spiro atoms. The first-order chi connectivity index (χ1) is 16.6. The topological polar surface area (TPSA) is 65.1 Å². The average molecular weight is 462 g/mol. The van der Waals surface area contributed by atoms with Gasteiger partial charge in [0.2, 0.25) is 0 Å². The Morgan fingerprint density at radius 2 is 1.82 bits per heavy atom. The molecular formula is C28H31NO5. The monoisotopic (exact) mass is 461 g/mol. The molecule has 2 aromatic carbocycles. The summed E-state index contributed by atoms with van der Waals surface area (Å²) in [6, 6.07) is 14.4. The van der Waals surface area contributed by atoms with Crippen LogP contribution >= 0.6 is 0 Å². The Kier molecular flexibility index (Phi) is 6.31. The minimum absolute atomic E-state index is 0.114. The molecule has 0 amide bonds. The quantitative estimate of drug-likeness (QED) is 0.442. The van der Waals surface area contributed by atoms with E-state index in [9.17, 15) is 9.59 Å². The van der Waals surface area contributed by atoms with Crippen LogP contribution in [-0.4, -0.2) is 36.4 Å². The Morgan fingerprint density at radius 1 is 1.06 bits per heavy atom. The zero-order valence-corrected chi connectivity index (χ0v) is 19.8. The van der Waals surface area contributed by atoms with Gasteiger partial charge >= 0.3 is 5.97 Å². The van der Waals surface area contributed by atoms with Crippen molar-refractivity contribution in [2.45, 2.75) is 63.6 Å². The van der Waals surface area contributed by atoms with Gasteiger partial charge in [-0.3, -0.25) is 4.79 Å². The van der Waals surface area contributed by atoms with E-state index in [4.69, 9.17) is 14.2 Å². The van der Waals surface area contributed by atoms with Crippen molar-refractivity contribution in [1.82, 2.24) is 4.90 Å². The molecular weight excluding hydrogens is 430 g/mol. The molecule has 34 heavy (non-hydrogen) atoms. The van der Waals surface area contributed by atoms with E-state index >= 15 is 0 Å². The third-order valence-electron chi connectivity index (χ3n) is 7.29. The van der Waals surface area contributed by atoms with Crippen LogP contribution < -0.4 is 9.47 Å². The molecule has 3 unspecified atom stereocenters. The number of fused-ring (bicyclic) bond motifs is 6. The number of methoxy groups -OCH3 is 1. The summed E-state index contributed by atoms with van der Waals surface area (Å²) >= 11 is 0. The van der Waals surface area contributed by atoms with Crippen LogP contribution in [0, 0.1) is 0 Å². The van der Waals surface area contributed by atoms with Crippen LogP contribution in [0.3, 0.4) is 0 Å². The van der Waals surface area contributed by atoms with Crippen molar-refractivity contribution < 1.29 is 23.8 Å². The Labute approximate surface area is 200 Å². The fourth-order valence-corrected chi connectivity index (χ4v) is 5.71. The maximum Gasteiger partial charge on any atom is 0.343 e. The number of ether oxygens (including phenoxy) is 3. The summed E-state index contributed by atoms with van der Waals surface area (Å²) in [5.41, 5.74) is 3.61. The molecule has 1 aliphatic carbocycles. The minimum Gasteiger partial charge on any atom is -0.493 e. The van der Waals surface area contributed by atoms with Gasteiger partial charge in [0.15, 0.2) is 17.3 Å². The summed E-state index contributed by atoms with van der Waals surface area (Å²) in [5.74, 6) is 1.02. The van der Waals surface area contributed by atoms with Crippen LogP contribution in [0.25, 0.3) is 0 Å². The van der Waals surface area contributed by atoms with Gasteiger partial charge in [-0.2, -0.15) is 0 Å². The molecule has 3 aliphatic rings. The molecule has 0 radical (unpaired) electrons. The molecule has 6 nitrogen and oxygen atoms in total. The van der Waals surface area contributed by atoms with Crippen molar-refractivity contribution in [1.29, 1.82) is 0 Å². The highest BCUT2D eigenvalue weighted by Crippen LogP contribution is 2.52. The van der Waals surface area contributed by atoms with Gasteiger partial charge in [0.25, 0.3) is 0 Å². The highest BCUT2D eigenvalue weighted by molar-refractivity contribution is 6.17. The Hall–Kier alpha value is -3.28. The largest absolute Gasteiger partial charge is 0.493 e. The molecule has 1 fully saturated rings. The first kappa shape index (κ1) is 22.5. The SMILES string of the molecule is CCOC(=O)C1=CN2C(CC1=O)c1cc(OC)c(OCc3ccccc3)cc1C1CCCCC12. The number of carbonyl (C=O) groups excluding carboxylic acids is 2. The maximum atomic E-state index is 13.0. The molecule has 178 valence electrons. The number of benzene rings is 2. The number of hydrogen-bond donors (Lipinski definition) is 0. The van der Waals surface area contributed by atoms with Gasteiger partial charge in [0, 0.05) is 24.6 Å². The number of carbonyl (C=O) groups is 2. The number of esters is 1. The second kappa shape index (κ2) is 9.53. The van der Waals surface area contributed by atoms with Crippen LogP contribution in [0.15, 0.2) is 54.2 Å².